The van der Waals surface area contributed by atoms with Gasteiger partial charge in [0.05, 0.1) is 19.5 Å². The van der Waals surface area contributed by atoms with Gasteiger partial charge in [0.1, 0.15) is 0 Å². The van der Waals surface area contributed by atoms with Gasteiger partial charge >= 0.3 is 0 Å². The molecule has 1 aromatic heterocycles. The van der Waals surface area contributed by atoms with E-state index in [4.69, 9.17) is 0 Å². The highest BCUT2D eigenvalue weighted by atomic mass is 16.2. The highest BCUT2D eigenvalue weighted by molar-refractivity contribution is 5.97. The summed E-state index contributed by atoms with van der Waals surface area (Å²) in [5.41, 5.74) is 3.26. The van der Waals surface area contributed by atoms with E-state index < -0.39 is 5.91 Å². The number of benzene rings is 2. The van der Waals surface area contributed by atoms with Crippen LogP contribution in [0.25, 0.3) is 10.9 Å². The number of hydrogen-bond acceptors (Lipinski definition) is 4. The molecular weight excluding hydrogens is 434 g/mol. The predicted molar refractivity (Wildman–Crippen MR) is 127 cm³/mol. The third-order valence-corrected chi connectivity index (χ3v) is 5.84. The molecule has 4 rings (SSSR count). The normalized spacial score (nSPS) is 13.2. The van der Waals surface area contributed by atoms with Crippen molar-refractivity contribution in [1.29, 1.82) is 0 Å². The maximum Gasteiger partial charge on any atom is 0.260 e. The van der Waals surface area contributed by atoms with Crippen LogP contribution in [0.5, 0.6) is 0 Å². The van der Waals surface area contributed by atoms with Crippen molar-refractivity contribution in [1.82, 2.24) is 25.6 Å². The van der Waals surface area contributed by atoms with E-state index in [1.807, 2.05) is 31.2 Å². The molecule has 3 N–H and O–H groups in total. The molecule has 176 valence electrons. The third kappa shape index (κ3) is 5.09. The lowest BCUT2D eigenvalue weighted by Crippen LogP contribution is -2.49. The fraction of sp³-hybridized carbons (Fsp3) is 0.280. The summed E-state index contributed by atoms with van der Waals surface area (Å²) in [6.07, 6.45) is 0.850. The first-order chi connectivity index (χ1) is 16.4. The van der Waals surface area contributed by atoms with Gasteiger partial charge in [-0.3, -0.25) is 24.2 Å². The van der Waals surface area contributed by atoms with Crippen molar-refractivity contribution in [2.75, 3.05) is 26.2 Å². The number of hydrazine groups is 1. The molecule has 1 saturated heterocycles. The standard InChI is InChI=1S/C25H27N5O4/c1-17-20(19-10-5-6-11-21(19)28-17)14-23(32)29-12-7-13-30(29)24(33)16-26-22(31)15-27-25(34)18-8-3-2-4-9-18/h2-6,8-11,28H,7,12-16H2,1H3,(H,26,31)(H,27,34). The number of carbonyl (C=O) groups is 4. The van der Waals surface area contributed by atoms with E-state index in [0.29, 0.717) is 25.1 Å². The number of H-pyrrole nitrogens is 1. The van der Waals surface area contributed by atoms with Crippen LogP contribution in [0.2, 0.25) is 0 Å². The zero-order valence-corrected chi connectivity index (χ0v) is 19.0. The highest BCUT2D eigenvalue weighted by Gasteiger charge is 2.31. The molecule has 4 amide bonds. The van der Waals surface area contributed by atoms with E-state index in [0.717, 1.165) is 22.2 Å². The molecule has 0 atom stereocenters. The van der Waals surface area contributed by atoms with Crippen LogP contribution < -0.4 is 10.6 Å². The summed E-state index contributed by atoms with van der Waals surface area (Å²) >= 11 is 0. The maximum absolute atomic E-state index is 13.1. The van der Waals surface area contributed by atoms with Gasteiger partial charge in [-0.05, 0) is 37.1 Å². The topological polar surface area (TPSA) is 115 Å². The van der Waals surface area contributed by atoms with E-state index >= 15 is 0 Å². The number of aromatic amines is 1. The average Bonchev–Trinajstić information content (AvgIpc) is 3.46. The summed E-state index contributed by atoms with van der Waals surface area (Å²) in [7, 11) is 0. The molecule has 0 radical (unpaired) electrons. The number of hydrogen-bond donors (Lipinski definition) is 3. The van der Waals surface area contributed by atoms with Crippen molar-refractivity contribution in [2.24, 2.45) is 0 Å². The molecule has 1 aliphatic heterocycles. The third-order valence-electron chi connectivity index (χ3n) is 5.84. The minimum atomic E-state index is -0.482. The predicted octanol–water partition coefficient (Wildman–Crippen LogP) is 1.54. The van der Waals surface area contributed by atoms with Crippen molar-refractivity contribution in [3.05, 3.63) is 71.4 Å². The molecule has 9 heteroatoms. The Morgan fingerprint density at radius 1 is 0.853 bits per heavy atom. The Bertz CT molecular complexity index is 1220. The molecule has 2 aromatic carbocycles. The van der Waals surface area contributed by atoms with Crippen LogP contribution in [0.15, 0.2) is 54.6 Å². The van der Waals surface area contributed by atoms with Crippen LogP contribution in [-0.4, -0.2) is 64.8 Å². The summed E-state index contributed by atoms with van der Waals surface area (Å²) in [6, 6.07) is 16.4. The molecule has 1 aliphatic rings. The molecule has 0 unspecified atom stereocenters. The lowest BCUT2D eigenvalue weighted by molar-refractivity contribution is -0.157. The van der Waals surface area contributed by atoms with Gasteiger partial charge in [0.15, 0.2) is 0 Å². The Morgan fingerprint density at radius 3 is 2.29 bits per heavy atom. The number of fused-ring (bicyclic) bond motifs is 1. The fourth-order valence-electron chi connectivity index (χ4n) is 4.12. The van der Waals surface area contributed by atoms with E-state index in [1.165, 1.54) is 10.0 Å². The van der Waals surface area contributed by atoms with Crippen LogP contribution in [0.1, 0.15) is 28.0 Å². The van der Waals surface area contributed by atoms with Crippen LogP contribution >= 0.6 is 0 Å². The number of nitrogens with zero attached hydrogens (tertiary/aromatic N) is 2. The molecule has 9 nitrogen and oxygen atoms in total. The van der Waals surface area contributed by atoms with Gasteiger partial charge in [0, 0.05) is 35.2 Å². The number of para-hydroxylation sites is 1. The van der Waals surface area contributed by atoms with Gasteiger partial charge in [0.25, 0.3) is 11.8 Å². The second kappa shape index (κ2) is 10.2. The Hall–Kier alpha value is -4.14. The average molecular weight is 462 g/mol. The van der Waals surface area contributed by atoms with E-state index in [1.54, 1.807) is 30.3 Å². The lowest BCUT2D eigenvalue weighted by atomic mass is 10.1. The molecule has 0 saturated carbocycles. The first kappa shape index (κ1) is 23.0. The van der Waals surface area contributed by atoms with Crippen LogP contribution in [0.3, 0.4) is 0 Å². The minimum Gasteiger partial charge on any atom is -0.358 e. The Labute approximate surface area is 197 Å². The molecule has 0 spiro atoms. The second-order valence-corrected chi connectivity index (χ2v) is 8.16. The molecule has 1 fully saturated rings. The first-order valence-electron chi connectivity index (χ1n) is 11.2. The molecule has 0 bridgehead atoms. The second-order valence-electron chi connectivity index (χ2n) is 8.16. The zero-order chi connectivity index (χ0) is 24.1. The quantitative estimate of drug-likeness (QED) is 0.495. The Morgan fingerprint density at radius 2 is 1.53 bits per heavy atom. The molecular formula is C25H27N5O4. The number of aromatic nitrogens is 1. The summed E-state index contributed by atoms with van der Waals surface area (Å²) in [5.74, 6) is -1.39. The van der Waals surface area contributed by atoms with Gasteiger partial charge < -0.3 is 15.6 Å². The number of rotatable bonds is 7. The van der Waals surface area contributed by atoms with Crippen molar-refractivity contribution >= 4 is 34.5 Å². The highest BCUT2D eigenvalue weighted by Crippen LogP contribution is 2.23. The number of carbonyl (C=O) groups excluding carboxylic acids is 4. The number of aryl methyl sites for hydroxylation is 1. The molecule has 2 heterocycles. The van der Waals surface area contributed by atoms with Gasteiger partial charge in [-0.15, -0.1) is 0 Å². The largest absolute Gasteiger partial charge is 0.358 e. The maximum atomic E-state index is 13.1. The summed E-state index contributed by atoms with van der Waals surface area (Å²) in [5, 5.41) is 8.90. The van der Waals surface area contributed by atoms with Crippen molar-refractivity contribution in [3.8, 4) is 0 Å². The van der Waals surface area contributed by atoms with Crippen molar-refractivity contribution in [2.45, 2.75) is 19.8 Å². The molecule has 0 aliphatic carbocycles. The van der Waals surface area contributed by atoms with Gasteiger partial charge in [-0.2, -0.15) is 0 Å². The van der Waals surface area contributed by atoms with E-state index in [2.05, 4.69) is 15.6 Å². The van der Waals surface area contributed by atoms with E-state index in [-0.39, 0.29) is 37.2 Å². The monoisotopic (exact) mass is 461 g/mol. The number of nitrogens with one attached hydrogen (secondary N) is 3. The molecule has 34 heavy (non-hydrogen) atoms. The minimum absolute atomic E-state index is 0.167. The van der Waals surface area contributed by atoms with Crippen LogP contribution in [0, 0.1) is 6.92 Å². The van der Waals surface area contributed by atoms with Gasteiger partial charge in [-0.1, -0.05) is 36.4 Å². The summed E-state index contributed by atoms with van der Waals surface area (Å²) in [6.45, 7) is 2.30. The van der Waals surface area contributed by atoms with E-state index in [9.17, 15) is 19.2 Å². The smallest absolute Gasteiger partial charge is 0.260 e. The van der Waals surface area contributed by atoms with Crippen molar-refractivity contribution < 1.29 is 19.2 Å². The summed E-state index contributed by atoms with van der Waals surface area (Å²) in [4.78, 5) is 53.2. The molecule has 3 aromatic rings. The SMILES string of the molecule is Cc1[nH]c2ccccc2c1CC(=O)N1CCCN1C(=O)CNC(=O)CNC(=O)c1ccccc1. The van der Waals surface area contributed by atoms with Crippen LogP contribution in [-0.2, 0) is 20.8 Å². The van der Waals surface area contributed by atoms with Gasteiger partial charge in [0.2, 0.25) is 11.8 Å². The number of amides is 4. The zero-order valence-electron chi connectivity index (χ0n) is 19.0. The summed E-state index contributed by atoms with van der Waals surface area (Å²) < 4.78 is 0. The first-order valence-corrected chi connectivity index (χ1v) is 11.2. The Balaban J connectivity index is 1.29. The van der Waals surface area contributed by atoms with Crippen LogP contribution in [0.4, 0.5) is 0 Å². The lowest BCUT2D eigenvalue weighted by Gasteiger charge is -2.28. The Kier molecular flexibility index (Phi) is 6.91. The van der Waals surface area contributed by atoms with Gasteiger partial charge in [-0.25, -0.2) is 5.01 Å². The van der Waals surface area contributed by atoms with Crippen molar-refractivity contribution in [3.63, 3.8) is 0 Å². The fourth-order valence-corrected chi connectivity index (χ4v) is 4.12.